The fraction of sp³-hybridized carbons (Fsp3) is 0.611. The van der Waals surface area contributed by atoms with Gasteiger partial charge in [-0.05, 0) is 45.6 Å². The van der Waals surface area contributed by atoms with E-state index < -0.39 is 0 Å². The van der Waals surface area contributed by atoms with E-state index >= 15 is 0 Å². The van der Waals surface area contributed by atoms with Gasteiger partial charge in [-0.25, -0.2) is 9.97 Å². The fourth-order valence-electron chi connectivity index (χ4n) is 2.97. The van der Waals surface area contributed by atoms with Crippen molar-refractivity contribution in [1.82, 2.24) is 19.9 Å². The first kappa shape index (κ1) is 17.7. The zero-order chi connectivity index (χ0) is 17.8. The number of pyridine rings is 1. The molecule has 2 heterocycles. The molecule has 2 aromatic heterocycles. The van der Waals surface area contributed by atoms with Crippen molar-refractivity contribution in [3.05, 3.63) is 17.6 Å². The minimum atomic E-state index is 0.208. The molecule has 7 nitrogen and oxygen atoms in total. The Labute approximate surface area is 148 Å². The number of imidazole rings is 1. The van der Waals surface area contributed by atoms with Gasteiger partial charge in [-0.2, -0.15) is 0 Å². The maximum absolute atomic E-state index is 11.7. The number of aryl methyl sites for hydroxylation is 2. The van der Waals surface area contributed by atoms with Crippen LogP contribution in [0.15, 0.2) is 6.07 Å². The van der Waals surface area contributed by atoms with Gasteiger partial charge < -0.3 is 20.4 Å². The summed E-state index contributed by atoms with van der Waals surface area (Å²) in [6, 6.07) is 2.02. The zero-order valence-corrected chi connectivity index (χ0v) is 15.0. The molecule has 2 aromatic rings. The Morgan fingerprint density at radius 2 is 2.20 bits per heavy atom. The number of nitrogens with zero attached hydrogens (tertiary/aromatic N) is 3. The molecule has 0 unspecified atom stereocenters. The van der Waals surface area contributed by atoms with Gasteiger partial charge >= 0.3 is 0 Å². The fourth-order valence-corrected chi connectivity index (χ4v) is 2.97. The van der Waals surface area contributed by atoms with Crippen LogP contribution in [0.25, 0.3) is 11.0 Å². The number of nitrogen functional groups attached to an aromatic ring is 1. The molecule has 0 bridgehead atoms. The van der Waals surface area contributed by atoms with Gasteiger partial charge in [0.1, 0.15) is 17.9 Å². The Kier molecular flexibility index (Phi) is 5.53. The molecular formula is C18H27N5O2. The smallest absolute Gasteiger partial charge is 0.223 e. The quantitative estimate of drug-likeness (QED) is 0.679. The number of carbonyl (C=O) groups is 1. The third-order valence-electron chi connectivity index (χ3n) is 4.46. The number of carbonyl (C=O) groups excluding carboxylic acids is 1. The van der Waals surface area contributed by atoms with Crippen LogP contribution in [-0.4, -0.2) is 33.6 Å². The highest BCUT2D eigenvalue weighted by molar-refractivity contribution is 5.85. The van der Waals surface area contributed by atoms with Crippen LogP contribution in [0.3, 0.4) is 0 Å². The number of fused-ring (bicyclic) bond motifs is 1. The number of unbranched alkanes of at least 4 members (excludes halogenated alkanes) is 1. The molecule has 7 heteroatoms. The average molecular weight is 345 g/mol. The normalized spacial score (nSPS) is 14.2. The second-order valence-electron chi connectivity index (χ2n) is 6.61. The Balaban J connectivity index is 1.66. The molecule has 0 saturated heterocycles. The van der Waals surface area contributed by atoms with Gasteiger partial charge in [0, 0.05) is 31.3 Å². The van der Waals surface area contributed by atoms with Crippen LogP contribution >= 0.6 is 0 Å². The minimum Gasteiger partial charge on any atom is -0.382 e. The molecule has 0 atom stereocenters. The molecule has 1 amide bonds. The van der Waals surface area contributed by atoms with E-state index in [0.29, 0.717) is 19.0 Å². The van der Waals surface area contributed by atoms with Crippen molar-refractivity contribution in [3.63, 3.8) is 0 Å². The summed E-state index contributed by atoms with van der Waals surface area (Å²) in [5, 5.41) is 3.01. The average Bonchev–Trinajstić information content (AvgIpc) is 3.37. The Morgan fingerprint density at radius 1 is 1.40 bits per heavy atom. The van der Waals surface area contributed by atoms with Crippen LogP contribution in [0.4, 0.5) is 5.82 Å². The molecule has 1 aliphatic rings. The number of rotatable bonds is 9. The first-order chi connectivity index (χ1) is 12.1. The maximum Gasteiger partial charge on any atom is 0.223 e. The predicted octanol–water partition coefficient (Wildman–Crippen LogP) is 2.16. The van der Waals surface area contributed by atoms with E-state index in [9.17, 15) is 4.79 Å². The third kappa shape index (κ3) is 4.28. The number of ether oxygens (including phenoxy) is 1. The topological polar surface area (TPSA) is 95.1 Å². The number of nitrogens with one attached hydrogen (secondary N) is 1. The monoisotopic (exact) mass is 345 g/mol. The highest BCUT2D eigenvalue weighted by Crippen LogP contribution is 2.28. The summed E-state index contributed by atoms with van der Waals surface area (Å²) in [7, 11) is 0. The zero-order valence-electron chi connectivity index (χ0n) is 15.0. The SMILES string of the molecule is CCOCc1nc2c(N)nc(C)cc2n1CCCCNC(=O)C1CC1. The van der Waals surface area contributed by atoms with Gasteiger partial charge in [0.25, 0.3) is 0 Å². The van der Waals surface area contributed by atoms with Crippen molar-refractivity contribution in [3.8, 4) is 0 Å². The number of amides is 1. The van der Waals surface area contributed by atoms with Crippen LogP contribution in [-0.2, 0) is 22.7 Å². The number of hydrogen-bond acceptors (Lipinski definition) is 5. The first-order valence-corrected chi connectivity index (χ1v) is 9.07. The van der Waals surface area contributed by atoms with Crippen molar-refractivity contribution < 1.29 is 9.53 Å². The van der Waals surface area contributed by atoms with E-state index in [1.54, 1.807) is 0 Å². The molecule has 1 fully saturated rings. The minimum absolute atomic E-state index is 0.208. The summed E-state index contributed by atoms with van der Waals surface area (Å²) in [6.45, 7) is 6.55. The highest BCUT2D eigenvalue weighted by atomic mass is 16.5. The second kappa shape index (κ2) is 7.82. The summed E-state index contributed by atoms with van der Waals surface area (Å²) >= 11 is 0. The van der Waals surface area contributed by atoms with E-state index in [0.717, 1.165) is 61.3 Å². The standard InChI is InChI=1S/C18H27N5O2/c1-3-25-11-15-22-16-14(10-12(2)21-17(16)19)23(15)9-5-4-8-20-18(24)13-6-7-13/h10,13H,3-9,11H2,1-2H3,(H2,19,21)(H,20,24). The number of nitrogens with two attached hydrogens (primary N) is 1. The summed E-state index contributed by atoms with van der Waals surface area (Å²) in [5.41, 5.74) is 8.66. The van der Waals surface area contributed by atoms with E-state index in [4.69, 9.17) is 10.5 Å². The Hall–Kier alpha value is -2.15. The van der Waals surface area contributed by atoms with Crippen molar-refractivity contribution in [2.45, 2.75) is 52.7 Å². The summed E-state index contributed by atoms with van der Waals surface area (Å²) < 4.78 is 7.72. The molecule has 0 aliphatic heterocycles. The van der Waals surface area contributed by atoms with Gasteiger partial charge in [0.15, 0.2) is 5.82 Å². The highest BCUT2D eigenvalue weighted by Gasteiger charge is 2.28. The summed E-state index contributed by atoms with van der Waals surface area (Å²) in [5.74, 6) is 1.81. The largest absolute Gasteiger partial charge is 0.382 e. The lowest BCUT2D eigenvalue weighted by atomic mass is 10.2. The van der Waals surface area contributed by atoms with Gasteiger partial charge in [-0.1, -0.05) is 0 Å². The Morgan fingerprint density at radius 3 is 2.92 bits per heavy atom. The molecule has 0 radical (unpaired) electrons. The second-order valence-corrected chi connectivity index (χ2v) is 6.61. The summed E-state index contributed by atoms with van der Waals surface area (Å²) in [6.07, 6.45) is 3.98. The number of aromatic nitrogens is 3. The van der Waals surface area contributed by atoms with Crippen LogP contribution < -0.4 is 11.1 Å². The van der Waals surface area contributed by atoms with Crippen LogP contribution in [0.2, 0.25) is 0 Å². The van der Waals surface area contributed by atoms with Gasteiger partial charge in [-0.3, -0.25) is 4.79 Å². The van der Waals surface area contributed by atoms with Crippen LogP contribution in [0, 0.1) is 12.8 Å². The molecular weight excluding hydrogens is 318 g/mol. The molecule has 25 heavy (non-hydrogen) atoms. The summed E-state index contributed by atoms with van der Waals surface area (Å²) in [4.78, 5) is 20.6. The van der Waals surface area contributed by atoms with Crippen molar-refractivity contribution in [2.24, 2.45) is 5.92 Å². The molecule has 0 spiro atoms. The van der Waals surface area contributed by atoms with Crippen molar-refractivity contribution in [2.75, 3.05) is 18.9 Å². The first-order valence-electron chi connectivity index (χ1n) is 9.07. The molecule has 3 rings (SSSR count). The predicted molar refractivity (Wildman–Crippen MR) is 97.0 cm³/mol. The van der Waals surface area contributed by atoms with Crippen LogP contribution in [0.5, 0.6) is 0 Å². The third-order valence-corrected chi connectivity index (χ3v) is 4.46. The van der Waals surface area contributed by atoms with Crippen molar-refractivity contribution in [1.29, 1.82) is 0 Å². The van der Waals surface area contributed by atoms with E-state index in [-0.39, 0.29) is 11.8 Å². The number of anilines is 1. The molecule has 1 saturated carbocycles. The van der Waals surface area contributed by atoms with Gasteiger partial charge in [-0.15, -0.1) is 0 Å². The Bertz CT molecular complexity index is 751. The lowest BCUT2D eigenvalue weighted by molar-refractivity contribution is -0.122. The lowest BCUT2D eigenvalue weighted by Crippen LogP contribution is -2.25. The van der Waals surface area contributed by atoms with Gasteiger partial charge in [0.2, 0.25) is 5.91 Å². The van der Waals surface area contributed by atoms with Crippen molar-refractivity contribution >= 4 is 22.8 Å². The van der Waals surface area contributed by atoms with E-state index in [2.05, 4.69) is 19.9 Å². The lowest BCUT2D eigenvalue weighted by Gasteiger charge is -2.10. The number of hydrogen-bond donors (Lipinski definition) is 2. The van der Waals surface area contributed by atoms with E-state index in [1.807, 2.05) is 19.9 Å². The van der Waals surface area contributed by atoms with Crippen LogP contribution in [0.1, 0.15) is 44.1 Å². The molecule has 3 N–H and O–H groups in total. The molecule has 0 aromatic carbocycles. The molecule has 1 aliphatic carbocycles. The van der Waals surface area contributed by atoms with Gasteiger partial charge in [0.05, 0.1) is 5.52 Å². The molecule has 136 valence electrons. The maximum atomic E-state index is 11.7. The van der Waals surface area contributed by atoms with E-state index in [1.165, 1.54) is 0 Å².